The van der Waals surface area contributed by atoms with Gasteiger partial charge in [-0.3, -0.25) is 14.5 Å². The van der Waals surface area contributed by atoms with Crippen LogP contribution in [0.15, 0.2) is 96.6 Å². The molecule has 0 spiro atoms. The van der Waals surface area contributed by atoms with Crippen LogP contribution in [-0.2, 0) is 9.59 Å². The second-order valence-electron chi connectivity index (χ2n) is 9.52. The van der Waals surface area contributed by atoms with Gasteiger partial charge in [-0.2, -0.15) is 0 Å². The Kier molecular flexibility index (Phi) is 7.64. The lowest BCUT2D eigenvalue weighted by molar-refractivity contribution is -0.132. The molecule has 1 fully saturated rings. The Morgan fingerprint density at radius 3 is 2.26 bits per heavy atom. The van der Waals surface area contributed by atoms with E-state index in [9.17, 15) is 14.7 Å². The van der Waals surface area contributed by atoms with Gasteiger partial charge in [-0.05, 0) is 71.3 Å². The van der Waals surface area contributed by atoms with Crippen molar-refractivity contribution in [2.24, 2.45) is 0 Å². The van der Waals surface area contributed by atoms with Gasteiger partial charge in [-0.1, -0.05) is 62.2 Å². The average Bonchev–Trinajstić information content (AvgIpc) is 3.24. The number of aliphatic hydroxyl groups is 1. The number of carbonyl (C=O) groups is 2. The maximum absolute atomic E-state index is 13.6. The molecular weight excluding hydrogens is 490 g/mol. The zero-order chi connectivity index (χ0) is 27.4. The molecule has 1 aliphatic rings. The van der Waals surface area contributed by atoms with Crippen molar-refractivity contribution in [2.75, 3.05) is 18.6 Å². The van der Waals surface area contributed by atoms with Crippen LogP contribution in [0.3, 0.4) is 0 Å². The number of ketones is 1. The van der Waals surface area contributed by atoms with Crippen LogP contribution in [0.1, 0.15) is 43.4 Å². The highest BCUT2D eigenvalue weighted by Crippen LogP contribution is 2.44. The third-order valence-electron chi connectivity index (χ3n) is 7.06. The zero-order valence-electron chi connectivity index (χ0n) is 22.1. The molecule has 1 saturated heterocycles. The molecule has 0 bridgehead atoms. The van der Waals surface area contributed by atoms with Gasteiger partial charge in [0.05, 0.1) is 25.3 Å². The van der Waals surface area contributed by atoms with Gasteiger partial charge in [0.15, 0.2) is 0 Å². The van der Waals surface area contributed by atoms with E-state index in [4.69, 9.17) is 9.47 Å². The minimum Gasteiger partial charge on any atom is -0.507 e. The molecule has 1 amide bonds. The normalized spacial score (nSPS) is 16.6. The Morgan fingerprint density at radius 2 is 1.54 bits per heavy atom. The predicted molar refractivity (Wildman–Crippen MR) is 153 cm³/mol. The van der Waals surface area contributed by atoms with E-state index in [0.29, 0.717) is 29.4 Å². The first-order valence-electron chi connectivity index (χ1n) is 13.2. The number of Topliss-reactive ketones (excluding diaryl/α,β-unsaturated/α-hetero) is 1. The largest absolute Gasteiger partial charge is 0.507 e. The Balaban J connectivity index is 1.62. The summed E-state index contributed by atoms with van der Waals surface area (Å²) in [5.74, 6) is -0.336. The van der Waals surface area contributed by atoms with Gasteiger partial charge in [0.25, 0.3) is 11.7 Å². The second-order valence-corrected chi connectivity index (χ2v) is 9.52. The maximum Gasteiger partial charge on any atom is 0.300 e. The van der Waals surface area contributed by atoms with Crippen LogP contribution in [0, 0.1) is 0 Å². The minimum absolute atomic E-state index is 0.0452. The van der Waals surface area contributed by atoms with Gasteiger partial charge in [-0.15, -0.1) is 0 Å². The summed E-state index contributed by atoms with van der Waals surface area (Å²) in [6.07, 6.45) is 3.18. The monoisotopic (exact) mass is 521 g/mol. The van der Waals surface area contributed by atoms with Crippen molar-refractivity contribution < 1.29 is 24.2 Å². The molecule has 1 aliphatic heterocycles. The van der Waals surface area contributed by atoms with Gasteiger partial charge in [0.2, 0.25) is 0 Å². The summed E-state index contributed by atoms with van der Waals surface area (Å²) in [6.45, 7) is 2.76. The Hall–Kier alpha value is -4.58. The molecule has 1 unspecified atom stereocenters. The van der Waals surface area contributed by atoms with E-state index in [1.54, 1.807) is 55.6 Å². The standard InChI is InChI=1S/C33H31NO5/c1-3-4-7-21-39-26-17-13-23(14-18-26)31(35)29-30(28-12-8-10-22-9-5-6-11-27(22)28)34(33(37)32(29)36)24-15-19-25(38-2)20-16-24/h5-6,8-20,30,35H,3-4,7,21H2,1-2H3/b31-29-. The molecule has 1 heterocycles. The number of ether oxygens (including phenoxy) is 2. The summed E-state index contributed by atoms with van der Waals surface area (Å²) in [5.41, 5.74) is 1.77. The highest BCUT2D eigenvalue weighted by molar-refractivity contribution is 6.51. The molecular formula is C33H31NO5. The maximum atomic E-state index is 13.6. The quantitative estimate of drug-likeness (QED) is 0.111. The summed E-state index contributed by atoms with van der Waals surface area (Å²) in [5, 5.41) is 13.4. The summed E-state index contributed by atoms with van der Waals surface area (Å²) >= 11 is 0. The molecule has 0 aromatic heterocycles. The third kappa shape index (κ3) is 5.10. The van der Waals surface area contributed by atoms with Gasteiger partial charge in [-0.25, -0.2) is 0 Å². The molecule has 0 radical (unpaired) electrons. The number of rotatable bonds is 9. The number of hydrogen-bond donors (Lipinski definition) is 1. The number of hydrogen-bond acceptors (Lipinski definition) is 5. The first-order chi connectivity index (χ1) is 19.0. The molecule has 1 atom stereocenters. The van der Waals surface area contributed by atoms with Gasteiger partial charge in [0.1, 0.15) is 17.3 Å². The van der Waals surface area contributed by atoms with Crippen molar-refractivity contribution in [3.05, 3.63) is 108 Å². The molecule has 1 N–H and O–H groups in total. The van der Waals surface area contributed by atoms with Crippen LogP contribution in [0.25, 0.3) is 16.5 Å². The van der Waals surface area contributed by atoms with E-state index in [2.05, 4.69) is 6.92 Å². The molecule has 6 heteroatoms. The lowest BCUT2D eigenvalue weighted by Gasteiger charge is -2.26. The summed E-state index contributed by atoms with van der Waals surface area (Å²) in [4.78, 5) is 28.5. The lowest BCUT2D eigenvalue weighted by atomic mass is 9.91. The second kappa shape index (κ2) is 11.4. The molecule has 0 aliphatic carbocycles. The number of unbranched alkanes of at least 4 members (excludes halogenated alkanes) is 2. The van der Waals surface area contributed by atoms with Gasteiger partial charge >= 0.3 is 0 Å². The molecule has 4 aromatic rings. The molecule has 4 aromatic carbocycles. The number of carbonyl (C=O) groups excluding carboxylic acids is 2. The number of benzene rings is 4. The van der Waals surface area contributed by atoms with Crippen LogP contribution in [0.5, 0.6) is 11.5 Å². The number of aliphatic hydroxyl groups excluding tert-OH is 1. The number of methoxy groups -OCH3 is 1. The fraction of sp³-hybridized carbons (Fsp3) is 0.212. The highest BCUT2D eigenvalue weighted by atomic mass is 16.5. The van der Waals surface area contributed by atoms with Gasteiger partial charge < -0.3 is 14.6 Å². The van der Waals surface area contributed by atoms with Crippen LogP contribution in [-0.4, -0.2) is 30.5 Å². The van der Waals surface area contributed by atoms with Crippen LogP contribution >= 0.6 is 0 Å². The molecule has 198 valence electrons. The van der Waals surface area contributed by atoms with E-state index in [1.165, 1.54) is 4.90 Å². The summed E-state index contributed by atoms with van der Waals surface area (Å²) in [7, 11) is 1.57. The number of fused-ring (bicyclic) bond motifs is 1. The van der Waals surface area contributed by atoms with E-state index in [1.807, 2.05) is 42.5 Å². The molecule has 5 rings (SSSR count). The fourth-order valence-electron chi connectivity index (χ4n) is 5.03. The van der Waals surface area contributed by atoms with Crippen molar-refractivity contribution in [2.45, 2.75) is 32.2 Å². The zero-order valence-corrected chi connectivity index (χ0v) is 22.1. The molecule has 6 nitrogen and oxygen atoms in total. The topological polar surface area (TPSA) is 76.1 Å². The van der Waals surface area contributed by atoms with Crippen LogP contribution in [0.2, 0.25) is 0 Å². The SMILES string of the molecule is CCCCCOc1ccc(/C(O)=C2/C(=O)C(=O)N(c3ccc(OC)cc3)C2c2cccc3ccccc23)cc1. The van der Waals surface area contributed by atoms with Crippen LogP contribution < -0.4 is 14.4 Å². The lowest BCUT2D eigenvalue weighted by Crippen LogP contribution is -2.29. The summed E-state index contributed by atoms with van der Waals surface area (Å²) < 4.78 is 11.1. The van der Waals surface area contributed by atoms with Crippen LogP contribution in [0.4, 0.5) is 5.69 Å². The number of anilines is 1. The van der Waals surface area contributed by atoms with Crippen molar-refractivity contribution in [1.82, 2.24) is 0 Å². The smallest absolute Gasteiger partial charge is 0.300 e. The number of nitrogens with zero attached hydrogens (tertiary/aromatic N) is 1. The Labute approximate surface area is 228 Å². The third-order valence-corrected chi connectivity index (χ3v) is 7.06. The van der Waals surface area contributed by atoms with E-state index >= 15 is 0 Å². The molecule has 39 heavy (non-hydrogen) atoms. The van der Waals surface area contributed by atoms with Crippen molar-refractivity contribution in [3.8, 4) is 11.5 Å². The van der Waals surface area contributed by atoms with E-state index < -0.39 is 17.7 Å². The van der Waals surface area contributed by atoms with E-state index in [-0.39, 0.29) is 11.3 Å². The first-order valence-corrected chi connectivity index (χ1v) is 13.2. The Morgan fingerprint density at radius 1 is 0.846 bits per heavy atom. The number of amides is 1. The predicted octanol–water partition coefficient (Wildman–Crippen LogP) is 7.04. The minimum atomic E-state index is -0.825. The van der Waals surface area contributed by atoms with E-state index in [0.717, 1.165) is 35.6 Å². The highest BCUT2D eigenvalue weighted by Gasteiger charge is 2.47. The first kappa shape index (κ1) is 26.0. The van der Waals surface area contributed by atoms with Gasteiger partial charge in [0, 0.05) is 11.3 Å². The van der Waals surface area contributed by atoms with Crippen molar-refractivity contribution >= 4 is 33.9 Å². The average molecular weight is 522 g/mol. The van der Waals surface area contributed by atoms with Crippen molar-refractivity contribution in [1.29, 1.82) is 0 Å². The summed E-state index contributed by atoms with van der Waals surface area (Å²) in [6, 6.07) is 26.7. The molecule has 0 saturated carbocycles. The fourth-order valence-corrected chi connectivity index (χ4v) is 5.03. The Bertz CT molecular complexity index is 1520. The van der Waals surface area contributed by atoms with Crippen molar-refractivity contribution in [3.63, 3.8) is 0 Å².